The van der Waals surface area contributed by atoms with Crippen LogP contribution in [0.3, 0.4) is 0 Å². The van der Waals surface area contributed by atoms with Crippen molar-refractivity contribution in [2.75, 3.05) is 19.7 Å². The van der Waals surface area contributed by atoms with Crippen LogP contribution in [-0.2, 0) is 9.53 Å². The fourth-order valence-electron chi connectivity index (χ4n) is 2.66. The molecule has 0 spiro atoms. The van der Waals surface area contributed by atoms with Gasteiger partial charge in [0.2, 0.25) is 0 Å². The van der Waals surface area contributed by atoms with Gasteiger partial charge in [-0.15, -0.1) is 0 Å². The van der Waals surface area contributed by atoms with Crippen LogP contribution in [0.2, 0.25) is 0 Å². The molecule has 2 unspecified atom stereocenters. The number of likely N-dealkylation sites (tertiary alicyclic amines) is 1. The minimum absolute atomic E-state index is 0.287. The van der Waals surface area contributed by atoms with Crippen LogP contribution in [0.15, 0.2) is 0 Å². The van der Waals surface area contributed by atoms with E-state index in [4.69, 9.17) is 10.5 Å². The minimum atomic E-state index is -0.861. The van der Waals surface area contributed by atoms with Gasteiger partial charge < -0.3 is 15.4 Å². The third-order valence-corrected chi connectivity index (χ3v) is 3.84. The molecule has 1 aliphatic heterocycles. The van der Waals surface area contributed by atoms with Crippen molar-refractivity contribution >= 4 is 5.97 Å². The first-order valence-corrected chi connectivity index (χ1v) is 7.08. The molecular weight excluding hydrogens is 228 g/mol. The zero-order chi connectivity index (χ0) is 13.8. The van der Waals surface area contributed by atoms with Crippen LogP contribution < -0.4 is 5.73 Å². The Kier molecular flexibility index (Phi) is 5.60. The highest BCUT2D eigenvalue weighted by molar-refractivity contribution is 5.79. The summed E-state index contributed by atoms with van der Waals surface area (Å²) in [5.74, 6) is 0.379. The first kappa shape index (κ1) is 15.4. The Bertz CT molecular complexity index is 277. The standard InChI is InChI=1S/C14H28N2O2/c1-5-18-13(17)14(4,15)8-10-16-9-6-7-12(16)11(2)3/h11-12H,5-10,15H2,1-4H3. The summed E-state index contributed by atoms with van der Waals surface area (Å²) in [6.07, 6.45) is 3.18. The third kappa shape index (κ3) is 3.95. The first-order valence-electron chi connectivity index (χ1n) is 7.08. The lowest BCUT2D eigenvalue weighted by atomic mass is 9.97. The number of esters is 1. The average Bonchev–Trinajstić information content (AvgIpc) is 2.75. The van der Waals surface area contributed by atoms with E-state index >= 15 is 0 Å². The van der Waals surface area contributed by atoms with Gasteiger partial charge in [-0.2, -0.15) is 0 Å². The van der Waals surface area contributed by atoms with Crippen molar-refractivity contribution in [3.8, 4) is 0 Å². The molecule has 0 aromatic carbocycles. The number of rotatable bonds is 6. The number of ether oxygens (including phenoxy) is 1. The van der Waals surface area contributed by atoms with Crippen LogP contribution in [0.25, 0.3) is 0 Å². The number of hydrogen-bond acceptors (Lipinski definition) is 4. The molecule has 1 rings (SSSR count). The van der Waals surface area contributed by atoms with E-state index in [0.717, 1.165) is 13.1 Å². The maximum atomic E-state index is 11.7. The third-order valence-electron chi connectivity index (χ3n) is 3.84. The summed E-state index contributed by atoms with van der Waals surface area (Å²) in [6, 6.07) is 0.642. The largest absolute Gasteiger partial charge is 0.465 e. The van der Waals surface area contributed by atoms with E-state index < -0.39 is 5.54 Å². The van der Waals surface area contributed by atoms with E-state index in [1.54, 1.807) is 6.92 Å². The molecule has 1 heterocycles. The van der Waals surface area contributed by atoms with Crippen molar-refractivity contribution in [2.24, 2.45) is 11.7 Å². The smallest absolute Gasteiger partial charge is 0.325 e. The topological polar surface area (TPSA) is 55.6 Å². The summed E-state index contributed by atoms with van der Waals surface area (Å²) in [6.45, 7) is 10.5. The molecule has 4 heteroatoms. The molecule has 4 nitrogen and oxygen atoms in total. The van der Waals surface area contributed by atoms with Crippen LogP contribution in [-0.4, -0.2) is 42.1 Å². The summed E-state index contributed by atoms with van der Waals surface area (Å²) >= 11 is 0. The van der Waals surface area contributed by atoms with Crippen molar-refractivity contribution < 1.29 is 9.53 Å². The van der Waals surface area contributed by atoms with Gasteiger partial charge in [0.05, 0.1) is 6.61 Å². The molecule has 1 fully saturated rings. The van der Waals surface area contributed by atoms with Gasteiger partial charge in [-0.1, -0.05) is 13.8 Å². The lowest BCUT2D eigenvalue weighted by Gasteiger charge is -2.30. The monoisotopic (exact) mass is 256 g/mol. The Morgan fingerprint density at radius 2 is 2.22 bits per heavy atom. The SMILES string of the molecule is CCOC(=O)C(C)(N)CCN1CCCC1C(C)C. The molecule has 0 aliphatic carbocycles. The quantitative estimate of drug-likeness (QED) is 0.736. The summed E-state index contributed by atoms with van der Waals surface area (Å²) in [5, 5.41) is 0. The Morgan fingerprint density at radius 3 is 2.78 bits per heavy atom. The van der Waals surface area contributed by atoms with Crippen LogP contribution in [0, 0.1) is 5.92 Å². The molecule has 0 radical (unpaired) electrons. The molecule has 18 heavy (non-hydrogen) atoms. The predicted octanol–water partition coefficient (Wildman–Crippen LogP) is 1.78. The fraction of sp³-hybridized carbons (Fsp3) is 0.929. The van der Waals surface area contributed by atoms with E-state index in [1.165, 1.54) is 12.8 Å². The van der Waals surface area contributed by atoms with Gasteiger partial charge in [0.15, 0.2) is 0 Å². The van der Waals surface area contributed by atoms with Crippen molar-refractivity contribution in [3.05, 3.63) is 0 Å². The number of nitrogens with zero attached hydrogens (tertiary/aromatic N) is 1. The Morgan fingerprint density at radius 1 is 1.56 bits per heavy atom. The summed E-state index contributed by atoms with van der Waals surface area (Å²) in [5.41, 5.74) is 5.18. The first-order chi connectivity index (χ1) is 8.38. The van der Waals surface area contributed by atoms with Crippen LogP contribution in [0.1, 0.15) is 47.0 Å². The van der Waals surface area contributed by atoms with E-state index in [-0.39, 0.29) is 5.97 Å². The molecular formula is C14H28N2O2. The molecule has 1 aliphatic rings. The van der Waals surface area contributed by atoms with Crippen molar-refractivity contribution in [3.63, 3.8) is 0 Å². The molecule has 0 amide bonds. The lowest BCUT2D eigenvalue weighted by Crippen LogP contribution is -2.49. The molecule has 2 atom stereocenters. The maximum Gasteiger partial charge on any atom is 0.325 e. The van der Waals surface area contributed by atoms with E-state index in [9.17, 15) is 4.79 Å². The fourth-order valence-corrected chi connectivity index (χ4v) is 2.66. The highest BCUT2D eigenvalue weighted by Gasteiger charge is 2.33. The highest BCUT2D eigenvalue weighted by atomic mass is 16.5. The average molecular weight is 256 g/mol. The Balaban J connectivity index is 2.46. The maximum absolute atomic E-state index is 11.7. The van der Waals surface area contributed by atoms with Gasteiger partial charge in [-0.3, -0.25) is 4.79 Å². The number of nitrogens with two attached hydrogens (primary N) is 1. The second-order valence-corrected chi connectivity index (χ2v) is 5.88. The van der Waals surface area contributed by atoms with Crippen molar-refractivity contribution in [1.29, 1.82) is 0 Å². The number of carbonyl (C=O) groups excluding carboxylic acids is 1. The van der Waals surface area contributed by atoms with Gasteiger partial charge in [-0.05, 0) is 45.6 Å². The van der Waals surface area contributed by atoms with E-state index in [1.807, 2.05) is 6.92 Å². The van der Waals surface area contributed by atoms with Crippen molar-refractivity contribution in [2.45, 2.75) is 58.5 Å². The Labute approximate surface area is 111 Å². The molecule has 106 valence electrons. The zero-order valence-electron chi connectivity index (χ0n) is 12.2. The summed E-state index contributed by atoms with van der Waals surface area (Å²) in [4.78, 5) is 14.2. The van der Waals surface area contributed by atoms with E-state index in [2.05, 4.69) is 18.7 Å². The number of hydrogen-bond donors (Lipinski definition) is 1. The van der Waals surface area contributed by atoms with Gasteiger partial charge in [-0.25, -0.2) is 0 Å². The second-order valence-electron chi connectivity index (χ2n) is 5.88. The van der Waals surface area contributed by atoms with Gasteiger partial charge in [0, 0.05) is 12.6 Å². The second kappa shape index (κ2) is 6.53. The Hall–Kier alpha value is -0.610. The van der Waals surface area contributed by atoms with Gasteiger partial charge in [0.1, 0.15) is 5.54 Å². The summed E-state index contributed by atoms with van der Waals surface area (Å²) in [7, 11) is 0. The minimum Gasteiger partial charge on any atom is -0.465 e. The molecule has 1 saturated heterocycles. The molecule has 2 N–H and O–H groups in total. The molecule has 0 aromatic rings. The lowest BCUT2D eigenvalue weighted by molar-refractivity contribution is -0.149. The van der Waals surface area contributed by atoms with Crippen LogP contribution >= 0.6 is 0 Å². The summed E-state index contributed by atoms with van der Waals surface area (Å²) < 4.78 is 5.01. The highest BCUT2D eigenvalue weighted by Crippen LogP contribution is 2.24. The predicted molar refractivity (Wildman–Crippen MR) is 73.3 cm³/mol. The van der Waals surface area contributed by atoms with E-state index in [0.29, 0.717) is 25.0 Å². The normalized spacial score (nSPS) is 24.2. The number of carbonyl (C=O) groups is 1. The zero-order valence-corrected chi connectivity index (χ0v) is 12.2. The van der Waals surface area contributed by atoms with Crippen LogP contribution in [0.4, 0.5) is 0 Å². The molecule has 0 aromatic heterocycles. The van der Waals surface area contributed by atoms with Crippen molar-refractivity contribution in [1.82, 2.24) is 4.90 Å². The van der Waals surface area contributed by atoms with Gasteiger partial charge >= 0.3 is 5.97 Å². The molecule has 0 saturated carbocycles. The molecule has 0 bridgehead atoms. The van der Waals surface area contributed by atoms with Gasteiger partial charge in [0.25, 0.3) is 0 Å². The van der Waals surface area contributed by atoms with Crippen LogP contribution in [0.5, 0.6) is 0 Å².